The van der Waals surface area contributed by atoms with Crippen molar-refractivity contribution in [2.24, 2.45) is 50.2 Å². The van der Waals surface area contributed by atoms with E-state index in [9.17, 15) is 24.9 Å². The molecule has 7 heteroatoms. The third-order valence-electron chi connectivity index (χ3n) is 14.4. The van der Waals surface area contributed by atoms with E-state index in [0.29, 0.717) is 44.1 Å². The zero-order valence-electron chi connectivity index (χ0n) is 26.9. The molecule has 3 N–H and O–H groups in total. The maximum Gasteiger partial charge on any atom is 0.331 e. The van der Waals surface area contributed by atoms with Gasteiger partial charge in [0, 0.05) is 29.2 Å². The molecule has 2 heterocycles. The summed E-state index contributed by atoms with van der Waals surface area (Å²) in [5.74, 6) is -2.25. The van der Waals surface area contributed by atoms with E-state index in [4.69, 9.17) is 9.47 Å². The summed E-state index contributed by atoms with van der Waals surface area (Å²) in [4.78, 5) is 26.4. The van der Waals surface area contributed by atoms with Crippen molar-refractivity contribution in [1.82, 2.24) is 0 Å². The van der Waals surface area contributed by atoms with Crippen molar-refractivity contribution in [2.45, 2.75) is 125 Å². The van der Waals surface area contributed by atoms with E-state index in [1.165, 1.54) is 11.6 Å². The highest BCUT2D eigenvalue weighted by Crippen LogP contribution is 2.78. The van der Waals surface area contributed by atoms with Crippen molar-refractivity contribution >= 4 is 11.9 Å². The minimum absolute atomic E-state index is 0.0161. The number of allylic oxidation sites excluding steroid dienone is 3. The fraction of sp³-hybridized carbons (Fsp3) is 0.829. The van der Waals surface area contributed by atoms with Crippen molar-refractivity contribution in [3.63, 3.8) is 0 Å². The lowest BCUT2D eigenvalue weighted by molar-refractivity contribution is -0.395. The number of aliphatic carboxylic acids is 1. The molecule has 10 unspecified atom stereocenters. The van der Waals surface area contributed by atoms with Crippen molar-refractivity contribution in [3.8, 4) is 0 Å². The molecule has 4 saturated carbocycles. The first-order chi connectivity index (χ1) is 19.3. The first-order valence-electron chi connectivity index (χ1n) is 16.2. The summed E-state index contributed by atoms with van der Waals surface area (Å²) in [6.45, 7) is 17.3. The highest BCUT2D eigenvalue weighted by atomic mass is 16.6. The van der Waals surface area contributed by atoms with Crippen LogP contribution in [0.3, 0.4) is 0 Å². The molecular weight excluding hydrogens is 532 g/mol. The van der Waals surface area contributed by atoms with E-state index >= 15 is 0 Å². The molecule has 0 radical (unpaired) electrons. The van der Waals surface area contributed by atoms with Gasteiger partial charge >= 0.3 is 11.9 Å². The summed E-state index contributed by atoms with van der Waals surface area (Å²) in [5.41, 5.74) is -0.716. The van der Waals surface area contributed by atoms with Gasteiger partial charge in [-0.15, -0.1) is 0 Å². The summed E-state index contributed by atoms with van der Waals surface area (Å²) in [6, 6.07) is 0. The van der Waals surface area contributed by atoms with Gasteiger partial charge in [-0.1, -0.05) is 58.8 Å². The fourth-order valence-electron chi connectivity index (χ4n) is 11.7. The molecule has 42 heavy (non-hydrogen) atoms. The minimum atomic E-state index is -1.39. The number of hydrogen-bond donors (Lipinski definition) is 3. The summed E-state index contributed by atoms with van der Waals surface area (Å²) in [5, 5.41) is 34.0. The van der Waals surface area contributed by atoms with Gasteiger partial charge in [0.25, 0.3) is 0 Å². The molecule has 0 amide bonds. The van der Waals surface area contributed by atoms with E-state index in [2.05, 4.69) is 33.8 Å². The zero-order chi connectivity index (χ0) is 30.9. The van der Waals surface area contributed by atoms with Crippen LogP contribution in [-0.4, -0.2) is 51.9 Å². The number of aliphatic hydroxyl groups excluding tert-OH is 1. The third-order valence-corrected chi connectivity index (χ3v) is 14.4. The van der Waals surface area contributed by atoms with E-state index in [1.54, 1.807) is 13.8 Å². The van der Waals surface area contributed by atoms with Crippen LogP contribution in [0.2, 0.25) is 0 Å². The summed E-state index contributed by atoms with van der Waals surface area (Å²) < 4.78 is 12.3. The predicted molar refractivity (Wildman–Crippen MR) is 158 cm³/mol. The van der Waals surface area contributed by atoms with E-state index < -0.39 is 40.8 Å². The first-order valence-corrected chi connectivity index (χ1v) is 16.2. The van der Waals surface area contributed by atoms with Gasteiger partial charge in [-0.05, 0) is 86.9 Å². The van der Waals surface area contributed by atoms with Crippen LogP contribution in [0.1, 0.15) is 107 Å². The summed E-state index contributed by atoms with van der Waals surface area (Å²) in [6.07, 6.45) is 7.56. The average Bonchev–Trinajstić information content (AvgIpc) is 2.87. The average molecular weight is 585 g/mol. The number of carbonyl (C=O) groups excluding carboxylic acids is 1. The Balaban J connectivity index is 1.46. The number of carboxylic acids is 1. The first kappa shape index (κ1) is 30.3. The van der Waals surface area contributed by atoms with Crippen LogP contribution in [0.25, 0.3) is 0 Å². The normalized spacial score (nSPS) is 49.8. The van der Waals surface area contributed by atoms with Crippen molar-refractivity contribution in [3.05, 3.63) is 23.3 Å². The molecule has 2 aliphatic heterocycles. The molecule has 7 aliphatic rings. The molecule has 234 valence electrons. The Hall–Kier alpha value is -1.70. The van der Waals surface area contributed by atoms with E-state index in [1.807, 2.05) is 13.8 Å². The van der Waals surface area contributed by atoms with Crippen LogP contribution in [0.4, 0.5) is 0 Å². The summed E-state index contributed by atoms with van der Waals surface area (Å²) >= 11 is 0. The van der Waals surface area contributed by atoms with Gasteiger partial charge in [0.15, 0.2) is 5.79 Å². The number of carboxylic acid groups (broad SMARTS) is 1. The molecule has 1 spiro atoms. The lowest BCUT2D eigenvalue weighted by Gasteiger charge is -2.74. The van der Waals surface area contributed by atoms with Crippen LogP contribution >= 0.6 is 0 Å². The summed E-state index contributed by atoms with van der Waals surface area (Å²) in [7, 11) is 0. The second-order valence-electron chi connectivity index (χ2n) is 16.9. The number of fused-ring (bicyclic) bond motifs is 7. The SMILES string of the molecule is CC(C)=CC(=O)OC1C(O)C(C)(C)CC2C3=CCC4C56CCC(O)(OC5)C(C)(C)C6CCC4(C)C3(C)CCC21C(=O)O. The number of carbonyl (C=O) groups is 2. The molecule has 6 fully saturated rings. The lowest BCUT2D eigenvalue weighted by Crippen LogP contribution is -2.73. The van der Waals surface area contributed by atoms with Gasteiger partial charge in [0.05, 0.1) is 12.7 Å². The van der Waals surface area contributed by atoms with Gasteiger partial charge in [0.2, 0.25) is 0 Å². The Bertz CT molecular complexity index is 1250. The molecule has 0 aromatic carbocycles. The quantitative estimate of drug-likeness (QED) is 0.211. The molecule has 5 aliphatic carbocycles. The second-order valence-corrected chi connectivity index (χ2v) is 16.9. The molecule has 7 nitrogen and oxygen atoms in total. The highest BCUT2D eigenvalue weighted by molar-refractivity contribution is 5.84. The molecule has 2 saturated heterocycles. The predicted octanol–water partition coefficient (Wildman–Crippen LogP) is 6.03. The number of aliphatic hydroxyl groups is 2. The van der Waals surface area contributed by atoms with E-state index in [-0.39, 0.29) is 27.6 Å². The topological polar surface area (TPSA) is 113 Å². The number of esters is 1. The number of rotatable bonds is 3. The largest absolute Gasteiger partial charge is 0.481 e. The van der Waals surface area contributed by atoms with Crippen LogP contribution in [0.5, 0.6) is 0 Å². The Morgan fingerprint density at radius 1 is 1.00 bits per heavy atom. The molecule has 10 atom stereocenters. The Morgan fingerprint density at radius 3 is 2.29 bits per heavy atom. The maximum absolute atomic E-state index is 13.4. The van der Waals surface area contributed by atoms with Crippen LogP contribution < -0.4 is 0 Å². The fourth-order valence-corrected chi connectivity index (χ4v) is 11.7. The van der Waals surface area contributed by atoms with Crippen molar-refractivity contribution < 1.29 is 34.4 Å². The Morgan fingerprint density at radius 2 is 1.69 bits per heavy atom. The minimum Gasteiger partial charge on any atom is -0.481 e. The van der Waals surface area contributed by atoms with Gasteiger partial charge in [-0.3, -0.25) is 4.79 Å². The zero-order valence-corrected chi connectivity index (χ0v) is 26.9. The van der Waals surface area contributed by atoms with Crippen LogP contribution in [0.15, 0.2) is 23.3 Å². The van der Waals surface area contributed by atoms with Crippen LogP contribution in [0, 0.1) is 50.2 Å². The van der Waals surface area contributed by atoms with Gasteiger partial charge in [0.1, 0.15) is 11.5 Å². The second kappa shape index (κ2) is 8.94. The molecule has 7 rings (SSSR count). The van der Waals surface area contributed by atoms with Crippen molar-refractivity contribution in [2.75, 3.05) is 6.61 Å². The van der Waals surface area contributed by atoms with Gasteiger partial charge in [-0.25, -0.2) is 4.79 Å². The molecule has 0 aromatic rings. The standard InChI is InChI=1S/C35H52O7/c1-20(2)17-25(36)42-27-26(37)29(3,4)18-22-21-9-10-24-32(8,31(21,7)13-15-34(22,27)28(38)39)12-11-23-30(5,6)35(40)16-14-33(23,24)19-41-35/h9,17,22-24,26-27,37,40H,10-16,18-19H2,1-8H3,(H,38,39). The number of ether oxygens (including phenoxy) is 2. The maximum atomic E-state index is 13.4. The molecular formula is C35H52O7. The van der Waals surface area contributed by atoms with Crippen molar-refractivity contribution in [1.29, 1.82) is 0 Å². The Labute approximate surface area is 251 Å². The highest BCUT2D eigenvalue weighted by Gasteiger charge is 2.75. The van der Waals surface area contributed by atoms with Crippen LogP contribution in [-0.2, 0) is 19.1 Å². The lowest BCUT2D eigenvalue weighted by atomic mass is 9.32. The monoisotopic (exact) mass is 584 g/mol. The van der Waals surface area contributed by atoms with Gasteiger partial charge in [-0.2, -0.15) is 0 Å². The molecule has 0 aromatic heterocycles. The smallest absolute Gasteiger partial charge is 0.331 e. The van der Waals surface area contributed by atoms with E-state index in [0.717, 1.165) is 31.3 Å². The molecule has 2 bridgehead atoms. The third kappa shape index (κ3) is 3.51. The Kier molecular flexibility index (Phi) is 6.46. The number of hydrogen-bond acceptors (Lipinski definition) is 6. The van der Waals surface area contributed by atoms with Gasteiger partial charge < -0.3 is 24.8 Å².